The topological polar surface area (TPSA) is 179 Å². The minimum absolute atomic E-state index is 0.0436. The SMILES string of the molecule is NCCC(=O)N(CCCNC1=CC(=O)c2nc(-c3cc(F)ccc3F)oc2C1=O)C1=CC(=O)c2nc(-c3cc(F)ccc3F)oc2C1=O. The molecule has 12 nitrogen and oxygen atoms in total. The third-order valence-electron chi connectivity index (χ3n) is 7.30. The molecule has 0 spiro atoms. The number of hydrogen-bond donors (Lipinski definition) is 2. The fourth-order valence-corrected chi connectivity index (χ4v) is 5.03. The Hall–Kier alpha value is -6.03. The summed E-state index contributed by atoms with van der Waals surface area (Å²) in [7, 11) is 0. The van der Waals surface area contributed by atoms with Gasteiger partial charge in [0, 0.05) is 38.2 Å². The van der Waals surface area contributed by atoms with Crippen LogP contribution in [0.1, 0.15) is 54.9 Å². The molecule has 2 aromatic heterocycles. The van der Waals surface area contributed by atoms with Crippen LogP contribution in [0.3, 0.4) is 0 Å². The minimum Gasteiger partial charge on any atom is -0.432 e. The first-order valence-corrected chi connectivity index (χ1v) is 14.2. The van der Waals surface area contributed by atoms with Crippen molar-refractivity contribution in [3.05, 3.63) is 106 Å². The minimum atomic E-state index is -0.919. The molecule has 2 aromatic carbocycles. The molecule has 244 valence electrons. The Balaban J connectivity index is 1.16. The summed E-state index contributed by atoms with van der Waals surface area (Å²) >= 11 is 0. The van der Waals surface area contributed by atoms with Gasteiger partial charge in [0.05, 0.1) is 22.5 Å². The lowest BCUT2D eigenvalue weighted by Gasteiger charge is -2.25. The smallest absolute Gasteiger partial charge is 0.247 e. The van der Waals surface area contributed by atoms with Crippen molar-refractivity contribution >= 4 is 29.0 Å². The second-order valence-electron chi connectivity index (χ2n) is 10.5. The number of nitrogens with two attached hydrogens (primary N) is 1. The molecular weight excluding hydrogens is 642 g/mol. The van der Waals surface area contributed by atoms with Crippen LogP contribution in [0, 0.1) is 23.3 Å². The molecule has 2 aliphatic rings. The van der Waals surface area contributed by atoms with E-state index >= 15 is 0 Å². The molecule has 4 aromatic rings. The highest BCUT2D eigenvalue weighted by Crippen LogP contribution is 2.32. The van der Waals surface area contributed by atoms with E-state index in [-0.39, 0.29) is 55.1 Å². The average molecular weight is 664 g/mol. The van der Waals surface area contributed by atoms with Crippen molar-refractivity contribution in [3.63, 3.8) is 0 Å². The summed E-state index contributed by atoms with van der Waals surface area (Å²) in [6.07, 6.45) is 1.67. The number of ketones is 4. The van der Waals surface area contributed by atoms with Crippen molar-refractivity contribution in [1.29, 1.82) is 0 Å². The summed E-state index contributed by atoms with van der Waals surface area (Å²) in [5.41, 5.74) is 3.32. The maximum Gasteiger partial charge on any atom is 0.247 e. The number of fused-ring (bicyclic) bond motifs is 2. The molecule has 0 saturated heterocycles. The lowest BCUT2D eigenvalue weighted by atomic mass is 10.0. The van der Waals surface area contributed by atoms with Crippen LogP contribution in [0.5, 0.6) is 0 Å². The van der Waals surface area contributed by atoms with Crippen molar-refractivity contribution < 1.29 is 50.4 Å². The number of carbonyl (C=O) groups excluding carboxylic acids is 5. The quantitative estimate of drug-likeness (QED) is 0.186. The molecule has 0 saturated carbocycles. The van der Waals surface area contributed by atoms with Crippen LogP contribution in [-0.4, -0.2) is 63.5 Å². The van der Waals surface area contributed by atoms with Crippen LogP contribution < -0.4 is 11.1 Å². The largest absolute Gasteiger partial charge is 0.432 e. The molecule has 0 radical (unpaired) electrons. The maximum atomic E-state index is 14.3. The van der Waals surface area contributed by atoms with Gasteiger partial charge in [-0.05, 0) is 42.8 Å². The summed E-state index contributed by atoms with van der Waals surface area (Å²) in [6.45, 7) is -0.320. The molecule has 6 rings (SSSR count). The number of hydrogen-bond acceptors (Lipinski definition) is 11. The number of allylic oxidation sites excluding steroid dienone is 4. The fourth-order valence-electron chi connectivity index (χ4n) is 5.03. The number of halogens is 4. The molecule has 48 heavy (non-hydrogen) atoms. The van der Waals surface area contributed by atoms with E-state index in [4.69, 9.17) is 14.6 Å². The Labute approximate surface area is 266 Å². The predicted octanol–water partition coefficient (Wildman–Crippen LogP) is 3.94. The number of carbonyl (C=O) groups is 5. The number of nitrogens with zero attached hydrogens (tertiary/aromatic N) is 3. The van der Waals surface area contributed by atoms with Gasteiger partial charge in [0.2, 0.25) is 52.3 Å². The molecule has 0 fully saturated rings. The number of Topliss-reactive ketones (excluding diaryl/α,β-unsaturated/α-hetero) is 2. The summed E-state index contributed by atoms with van der Waals surface area (Å²) in [5, 5.41) is 2.75. The van der Waals surface area contributed by atoms with Gasteiger partial charge >= 0.3 is 0 Å². The molecule has 0 aliphatic heterocycles. The van der Waals surface area contributed by atoms with E-state index in [9.17, 15) is 41.5 Å². The summed E-state index contributed by atoms with van der Waals surface area (Å²) in [6, 6.07) is 5.00. The highest BCUT2D eigenvalue weighted by Gasteiger charge is 2.37. The van der Waals surface area contributed by atoms with Crippen LogP contribution in [0.2, 0.25) is 0 Å². The molecule has 0 unspecified atom stereocenters. The fraction of sp³-hybridized carbons (Fsp3) is 0.156. The van der Waals surface area contributed by atoms with Gasteiger partial charge in [0.25, 0.3) is 0 Å². The predicted molar refractivity (Wildman–Crippen MR) is 155 cm³/mol. The van der Waals surface area contributed by atoms with Gasteiger partial charge in [-0.15, -0.1) is 0 Å². The van der Waals surface area contributed by atoms with Crippen LogP contribution in [0.15, 0.2) is 68.8 Å². The van der Waals surface area contributed by atoms with Gasteiger partial charge in [-0.2, -0.15) is 0 Å². The summed E-state index contributed by atoms with van der Waals surface area (Å²) in [5.74, 6) is -9.35. The molecule has 16 heteroatoms. The Kier molecular flexibility index (Phi) is 8.41. The average Bonchev–Trinajstić information content (AvgIpc) is 3.71. The Bertz CT molecular complexity index is 2120. The number of aromatic nitrogens is 2. The molecule has 1 amide bonds. The third kappa shape index (κ3) is 5.84. The molecule has 0 atom stereocenters. The van der Waals surface area contributed by atoms with E-state index in [0.717, 1.165) is 53.5 Å². The van der Waals surface area contributed by atoms with Crippen LogP contribution in [0.4, 0.5) is 17.6 Å². The van der Waals surface area contributed by atoms with E-state index in [1.807, 2.05) is 0 Å². The Morgan fingerprint density at radius 3 is 1.90 bits per heavy atom. The highest BCUT2D eigenvalue weighted by atomic mass is 19.1. The van der Waals surface area contributed by atoms with E-state index in [0.29, 0.717) is 0 Å². The third-order valence-corrected chi connectivity index (χ3v) is 7.30. The molecular formula is C32H21F4N5O7. The summed E-state index contributed by atoms with van der Waals surface area (Å²) in [4.78, 5) is 73.8. The lowest BCUT2D eigenvalue weighted by molar-refractivity contribution is -0.129. The van der Waals surface area contributed by atoms with Gasteiger partial charge in [0.15, 0.2) is 11.4 Å². The van der Waals surface area contributed by atoms with Crippen molar-refractivity contribution in [2.75, 3.05) is 19.6 Å². The zero-order valence-corrected chi connectivity index (χ0v) is 24.4. The van der Waals surface area contributed by atoms with Crippen molar-refractivity contribution in [3.8, 4) is 22.9 Å². The first-order valence-electron chi connectivity index (χ1n) is 14.2. The number of nitrogens with one attached hydrogen (secondary N) is 1. The molecule has 2 aliphatic carbocycles. The van der Waals surface area contributed by atoms with E-state index in [1.165, 1.54) is 0 Å². The van der Waals surface area contributed by atoms with Gasteiger partial charge in [-0.3, -0.25) is 24.0 Å². The second kappa shape index (κ2) is 12.6. The van der Waals surface area contributed by atoms with Gasteiger partial charge in [0.1, 0.15) is 23.3 Å². The number of rotatable bonds is 10. The monoisotopic (exact) mass is 663 g/mol. The van der Waals surface area contributed by atoms with Crippen LogP contribution in [-0.2, 0) is 4.79 Å². The van der Waals surface area contributed by atoms with E-state index in [1.54, 1.807) is 0 Å². The molecule has 2 heterocycles. The number of amides is 1. The van der Waals surface area contributed by atoms with Crippen molar-refractivity contribution in [1.82, 2.24) is 20.2 Å². The normalized spacial score (nSPS) is 14.0. The zero-order valence-electron chi connectivity index (χ0n) is 24.4. The first kappa shape index (κ1) is 31.9. The van der Waals surface area contributed by atoms with Crippen LogP contribution in [0.25, 0.3) is 22.9 Å². The van der Waals surface area contributed by atoms with Gasteiger partial charge < -0.3 is 24.8 Å². The highest BCUT2D eigenvalue weighted by molar-refractivity contribution is 6.23. The lowest BCUT2D eigenvalue weighted by Crippen LogP contribution is -2.38. The van der Waals surface area contributed by atoms with Crippen LogP contribution >= 0.6 is 0 Å². The number of oxazole rings is 2. The Morgan fingerprint density at radius 2 is 1.33 bits per heavy atom. The van der Waals surface area contributed by atoms with Crippen molar-refractivity contribution in [2.45, 2.75) is 12.8 Å². The summed E-state index contributed by atoms with van der Waals surface area (Å²) < 4.78 is 66.8. The zero-order chi connectivity index (χ0) is 34.3. The maximum absolute atomic E-state index is 14.3. The Morgan fingerprint density at radius 1 is 0.792 bits per heavy atom. The molecule has 0 bridgehead atoms. The second-order valence-corrected chi connectivity index (χ2v) is 10.5. The standard InChI is InChI=1S/C32H21F4N5O7/c33-14-2-4-18(35)16(10-14)31-39-25-22(42)12-20(27(45)29(25)47-31)38-8-1-9-41(24(44)6-7-37)21-13-23(43)26-30(28(21)46)48-32(40-26)17-11-15(34)3-5-19(17)36/h2-5,10-13,38H,1,6-9,37H2. The van der Waals surface area contributed by atoms with Gasteiger partial charge in [-0.25, -0.2) is 27.5 Å². The van der Waals surface area contributed by atoms with E-state index < -0.39 is 86.9 Å². The number of benzene rings is 2. The molecule has 3 N–H and O–H groups in total. The van der Waals surface area contributed by atoms with Gasteiger partial charge in [-0.1, -0.05) is 0 Å². The first-order chi connectivity index (χ1) is 23.0. The van der Waals surface area contributed by atoms with Crippen molar-refractivity contribution in [2.24, 2.45) is 5.73 Å². The van der Waals surface area contributed by atoms with E-state index in [2.05, 4.69) is 15.3 Å².